The highest BCUT2D eigenvalue weighted by Gasteiger charge is 2.07. The Balaban J connectivity index is 1.44. The second kappa shape index (κ2) is 12.0. The maximum atomic E-state index is 12.3. The molecular formula is C26H27N3O3. The normalized spacial score (nSPS) is 10.1. The van der Waals surface area contributed by atoms with Gasteiger partial charge in [-0.05, 0) is 48.4 Å². The zero-order valence-electron chi connectivity index (χ0n) is 17.8. The standard InChI is InChI=1S/C26H27N3O3/c1-2-18-32-24-11-7-6-10-23(24)27-19-26(31)29-22-15-13-21(14-16-22)28-25(30)17-12-20-8-4-3-5-9-20/h2-11,13-16,27H,1,12,17-19H2,(H,28,30)(H,29,31). The Bertz CT molecular complexity index is 1030. The lowest BCUT2D eigenvalue weighted by molar-refractivity contribution is -0.116. The molecule has 0 atom stereocenters. The monoisotopic (exact) mass is 429 g/mol. The lowest BCUT2D eigenvalue weighted by atomic mass is 10.1. The fraction of sp³-hybridized carbons (Fsp3) is 0.154. The number of carbonyl (C=O) groups excluding carboxylic acids is 2. The van der Waals surface area contributed by atoms with E-state index >= 15 is 0 Å². The number of aryl methyl sites for hydroxylation is 1. The van der Waals surface area contributed by atoms with Gasteiger partial charge in [0.15, 0.2) is 0 Å². The molecule has 0 spiro atoms. The van der Waals surface area contributed by atoms with Gasteiger partial charge in [0.25, 0.3) is 0 Å². The molecule has 0 heterocycles. The van der Waals surface area contributed by atoms with Crippen molar-refractivity contribution in [2.45, 2.75) is 12.8 Å². The van der Waals surface area contributed by atoms with Gasteiger partial charge in [0.1, 0.15) is 12.4 Å². The number of anilines is 3. The Morgan fingerprint density at radius 2 is 1.44 bits per heavy atom. The van der Waals surface area contributed by atoms with E-state index in [9.17, 15) is 9.59 Å². The topological polar surface area (TPSA) is 79.5 Å². The van der Waals surface area contributed by atoms with E-state index in [0.717, 1.165) is 11.3 Å². The average Bonchev–Trinajstić information content (AvgIpc) is 2.82. The van der Waals surface area contributed by atoms with Crippen LogP contribution in [0.2, 0.25) is 0 Å². The molecule has 3 aromatic rings. The highest BCUT2D eigenvalue weighted by atomic mass is 16.5. The minimum atomic E-state index is -0.192. The molecule has 0 bridgehead atoms. The summed E-state index contributed by atoms with van der Waals surface area (Å²) in [6.07, 6.45) is 2.76. The number of carbonyl (C=O) groups is 2. The quantitative estimate of drug-likeness (QED) is 0.380. The predicted octanol–water partition coefficient (Wildman–Crippen LogP) is 4.87. The van der Waals surface area contributed by atoms with Gasteiger partial charge < -0.3 is 20.7 Å². The Morgan fingerprint density at radius 1 is 0.812 bits per heavy atom. The van der Waals surface area contributed by atoms with E-state index in [-0.39, 0.29) is 18.4 Å². The number of benzene rings is 3. The largest absolute Gasteiger partial charge is 0.487 e. The Kier molecular flexibility index (Phi) is 8.45. The number of hydrogen-bond acceptors (Lipinski definition) is 4. The van der Waals surface area contributed by atoms with Crippen LogP contribution in [0.5, 0.6) is 5.75 Å². The van der Waals surface area contributed by atoms with E-state index in [2.05, 4.69) is 22.5 Å². The van der Waals surface area contributed by atoms with Crippen molar-refractivity contribution in [3.05, 3.63) is 97.1 Å². The third-order valence-corrected chi connectivity index (χ3v) is 4.62. The predicted molar refractivity (Wildman–Crippen MR) is 129 cm³/mol. The molecular weight excluding hydrogens is 402 g/mol. The van der Waals surface area contributed by atoms with Crippen molar-refractivity contribution in [1.82, 2.24) is 0 Å². The number of para-hydroxylation sites is 2. The van der Waals surface area contributed by atoms with Crippen LogP contribution in [0.15, 0.2) is 91.5 Å². The minimum absolute atomic E-state index is 0.0489. The molecule has 0 aliphatic heterocycles. The van der Waals surface area contributed by atoms with Gasteiger partial charge in [0.05, 0.1) is 12.2 Å². The van der Waals surface area contributed by atoms with Crippen molar-refractivity contribution < 1.29 is 14.3 Å². The molecule has 3 rings (SSSR count). The number of ether oxygens (including phenoxy) is 1. The molecule has 164 valence electrons. The molecule has 0 fully saturated rings. The van der Waals surface area contributed by atoms with Crippen LogP contribution in [-0.4, -0.2) is 25.0 Å². The highest BCUT2D eigenvalue weighted by molar-refractivity contribution is 5.95. The Hall–Kier alpha value is -4.06. The van der Waals surface area contributed by atoms with Gasteiger partial charge in [-0.3, -0.25) is 9.59 Å². The van der Waals surface area contributed by atoms with Crippen LogP contribution < -0.4 is 20.7 Å². The van der Waals surface area contributed by atoms with E-state index in [1.165, 1.54) is 0 Å². The second-order valence-electron chi connectivity index (χ2n) is 7.11. The van der Waals surface area contributed by atoms with E-state index in [1.54, 1.807) is 30.3 Å². The van der Waals surface area contributed by atoms with Crippen LogP contribution in [0.3, 0.4) is 0 Å². The zero-order valence-corrected chi connectivity index (χ0v) is 17.8. The van der Waals surface area contributed by atoms with Gasteiger partial charge in [-0.1, -0.05) is 55.1 Å². The number of nitrogens with one attached hydrogen (secondary N) is 3. The van der Waals surface area contributed by atoms with Crippen LogP contribution in [0, 0.1) is 0 Å². The van der Waals surface area contributed by atoms with E-state index in [4.69, 9.17) is 4.74 Å². The van der Waals surface area contributed by atoms with Crippen molar-refractivity contribution in [3.8, 4) is 5.75 Å². The van der Waals surface area contributed by atoms with Crippen LogP contribution in [-0.2, 0) is 16.0 Å². The first-order valence-corrected chi connectivity index (χ1v) is 10.4. The molecule has 3 aromatic carbocycles. The lowest BCUT2D eigenvalue weighted by Gasteiger charge is -2.12. The first-order chi connectivity index (χ1) is 15.6. The molecule has 0 radical (unpaired) electrons. The van der Waals surface area contributed by atoms with Gasteiger partial charge in [0, 0.05) is 17.8 Å². The van der Waals surface area contributed by atoms with E-state index in [1.807, 2.05) is 54.6 Å². The number of rotatable bonds is 11. The summed E-state index contributed by atoms with van der Waals surface area (Å²) in [6, 6.07) is 24.4. The van der Waals surface area contributed by atoms with Crippen molar-refractivity contribution in [3.63, 3.8) is 0 Å². The Labute approximate surface area is 188 Å². The van der Waals surface area contributed by atoms with Crippen LogP contribution in [0.25, 0.3) is 0 Å². The van der Waals surface area contributed by atoms with E-state index < -0.39 is 0 Å². The first-order valence-electron chi connectivity index (χ1n) is 10.4. The van der Waals surface area contributed by atoms with Crippen molar-refractivity contribution in [2.24, 2.45) is 0 Å². The molecule has 32 heavy (non-hydrogen) atoms. The first kappa shape index (κ1) is 22.6. The fourth-order valence-corrected chi connectivity index (χ4v) is 3.03. The highest BCUT2D eigenvalue weighted by Crippen LogP contribution is 2.23. The summed E-state index contributed by atoms with van der Waals surface area (Å²) in [5.41, 5.74) is 3.20. The molecule has 0 saturated heterocycles. The number of amides is 2. The zero-order chi connectivity index (χ0) is 22.6. The summed E-state index contributed by atoms with van der Waals surface area (Å²) < 4.78 is 5.58. The molecule has 0 saturated carbocycles. The van der Waals surface area contributed by atoms with Crippen LogP contribution >= 0.6 is 0 Å². The second-order valence-corrected chi connectivity index (χ2v) is 7.11. The minimum Gasteiger partial charge on any atom is -0.487 e. The Morgan fingerprint density at radius 3 is 2.12 bits per heavy atom. The third kappa shape index (κ3) is 7.32. The lowest BCUT2D eigenvalue weighted by Crippen LogP contribution is -2.22. The molecule has 0 aromatic heterocycles. The smallest absolute Gasteiger partial charge is 0.243 e. The van der Waals surface area contributed by atoms with Crippen molar-refractivity contribution in [2.75, 3.05) is 29.1 Å². The van der Waals surface area contributed by atoms with Crippen molar-refractivity contribution >= 4 is 28.9 Å². The molecule has 2 amide bonds. The summed E-state index contributed by atoms with van der Waals surface area (Å²) >= 11 is 0. The molecule has 3 N–H and O–H groups in total. The summed E-state index contributed by atoms with van der Waals surface area (Å²) in [7, 11) is 0. The molecule has 6 nitrogen and oxygen atoms in total. The van der Waals surface area contributed by atoms with E-state index in [0.29, 0.717) is 36.6 Å². The van der Waals surface area contributed by atoms with Gasteiger partial charge in [-0.25, -0.2) is 0 Å². The van der Waals surface area contributed by atoms with Crippen molar-refractivity contribution in [1.29, 1.82) is 0 Å². The van der Waals surface area contributed by atoms with Gasteiger partial charge in [-0.2, -0.15) is 0 Å². The van der Waals surface area contributed by atoms with Gasteiger partial charge in [-0.15, -0.1) is 0 Å². The molecule has 0 aliphatic carbocycles. The molecule has 0 unspecified atom stereocenters. The SMILES string of the molecule is C=CCOc1ccccc1NCC(=O)Nc1ccc(NC(=O)CCc2ccccc2)cc1. The summed E-state index contributed by atoms with van der Waals surface area (Å²) in [5, 5.41) is 8.79. The summed E-state index contributed by atoms with van der Waals surface area (Å²) in [6.45, 7) is 4.12. The van der Waals surface area contributed by atoms with Crippen LogP contribution in [0.1, 0.15) is 12.0 Å². The maximum Gasteiger partial charge on any atom is 0.243 e. The molecule has 6 heteroatoms. The maximum absolute atomic E-state index is 12.3. The van der Waals surface area contributed by atoms with Gasteiger partial charge >= 0.3 is 0 Å². The summed E-state index contributed by atoms with van der Waals surface area (Å²) in [4.78, 5) is 24.5. The van der Waals surface area contributed by atoms with Gasteiger partial charge in [0.2, 0.25) is 11.8 Å². The van der Waals surface area contributed by atoms with Crippen LogP contribution in [0.4, 0.5) is 17.1 Å². The summed E-state index contributed by atoms with van der Waals surface area (Å²) in [5.74, 6) is 0.419. The third-order valence-electron chi connectivity index (χ3n) is 4.62. The number of hydrogen-bond donors (Lipinski definition) is 3. The average molecular weight is 430 g/mol. The fourth-order valence-electron chi connectivity index (χ4n) is 3.03. The molecule has 0 aliphatic rings.